The molecule has 0 N–H and O–H groups in total. The average molecular weight is 194 g/mol. The Morgan fingerprint density at radius 1 is 1.69 bits per heavy atom. The normalized spacial score (nSPS) is 12.2. The van der Waals surface area contributed by atoms with Crippen LogP contribution in [0.4, 0.5) is 0 Å². The van der Waals surface area contributed by atoms with E-state index >= 15 is 0 Å². The van der Waals surface area contributed by atoms with Gasteiger partial charge >= 0.3 is 0 Å². The predicted octanol–water partition coefficient (Wildman–Crippen LogP) is 3.70. The summed E-state index contributed by atoms with van der Waals surface area (Å²) in [6, 6.07) is 4.11. The van der Waals surface area contributed by atoms with E-state index in [1.165, 1.54) is 4.88 Å². The maximum Gasteiger partial charge on any atom is 0.104 e. The van der Waals surface area contributed by atoms with E-state index in [4.69, 9.17) is 4.74 Å². The lowest BCUT2D eigenvalue weighted by Crippen LogP contribution is -1.89. The molecule has 0 bridgehead atoms. The van der Waals surface area contributed by atoms with Crippen molar-refractivity contribution in [2.75, 3.05) is 7.11 Å². The minimum Gasteiger partial charge on any atom is -0.500 e. The van der Waals surface area contributed by atoms with Crippen LogP contribution in [0.2, 0.25) is 0 Å². The number of hydrogen-bond acceptors (Lipinski definition) is 2. The van der Waals surface area contributed by atoms with E-state index in [1.807, 2.05) is 12.1 Å². The number of allylic oxidation sites excluding steroid dienone is 3. The van der Waals surface area contributed by atoms with Gasteiger partial charge < -0.3 is 4.74 Å². The van der Waals surface area contributed by atoms with Crippen molar-refractivity contribution in [1.29, 1.82) is 0 Å². The zero-order valence-corrected chi connectivity index (χ0v) is 8.86. The van der Waals surface area contributed by atoms with Gasteiger partial charge in [0.15, 0.2) is 0 Å². The van der Waals surface area contributed by atoms with E-state index in [1.54, 1.807) is 18.4 Å². The summed E-state index contributed by atoms with van der Waals surface area (Å²) in [6.07, 6.45) is 2.75. The minimum atomic E-state index is 0.899. The molecule has 2 heteroatoms. The van der Waals surface area contributed by atoms with Gasteiger partial charge in [-0.1, -0.05) is 25.6 Å². The van der Waals surface area contributed by atoms with Gasteiger partial charge in [0.25, 0.3) is 0 Å². The third-order valence-electron chi connectivity index (χ3n) is 1.86. The quantitative estimate of drug-likeness (QED) is 0.524. The molecular formula is C11H14OS. The Morgan fingerprint density at radius 2 is 2.46 bits per heavy atom. The first-order chi connectivity index (χ1) is 6.33. The topological polar surface area (TPSA) is 9.23 Å². The lowest BCUT2D eigenvalue weighted by molar-refractivity contribution is 0.283. The maximum absolute atomic E-state index is 5.29. The average Bonchev–Trinajstić information content (AvgIpc) is 2.66. The third-order valence-corrected chi connectivity index (χ3v) is 2.76. The Hall–Kier alpha value is -1.02. The molecule has 0 aliphatic heterocycles. The zero-order valence-electron chi connectivity index (χ0n) is 8.04. The molecule has 0 aromatic carbocycles. The van der Waals surface area contributed by atoms with E-state index in [9.17, 15) is 0 Å². The Kier molecular flexibility index (Phi) is 3.77. The monoisotopic (exact) mass is 194 g/mol. The summed E-state index contributed by atoms with van der Waals surface area (Å²) >= 11 is 1.71. The molecule has 1 aromatic heterocycles. The second kappa shape index (κ2) is 4.87. The van der Waals surface area contributed by atoms with Crippen LogP contribution in [0.3, 0.4) is 0 Å². The first-order valence-electron chi connectivity index (χ1n) is 4.27. The fraction of sp³-hybridized carbons (Fsp3) is 0.273. The second-order valence-electron chi connectivity index (χ2n) is 2.58. The van der Waals surface area contributed by atoms with Crippen LogP contribution in [0.15, 0.2) is 35.9 Å². The molecule has 0 fully saturated rings. The van der Waals surface area contributed by atoms with Gasteiger partial charge in [0.2, 0.25) is 0 Å². The highest BCUT2D eigenvalue weighted by Crippen LogP contribution is 2.25. The van der Waals surface area contributed by atoms with Gasteiger partial charge in [-0.3, -0.25) is 0 Å². The molecule has 0 aliphatic rings. The van der Waals surface area contributed by atoms with Gasteiger partial charge in [0.05, 0.1) is 7.11 Å². The zero-order chi connectivity index (χ0) is 9.68. The SMILES string of the molecule is C=C/C(=C(\CC)OC)c1cccs1. The molecule has 1 nitrogen and oxygen atoms in total. The van der Waals surface area contributed by atoms with Crippen LogP contribution in [0.5, 0.6) is 0 Å². The predicted molar refractivity (Wildman–Crippen MR) is 58.7 cm³/mol. The Balaban J connectivity index is 3.09. The highest BCUT2D eigenvalue weighted by atomic mass is 32.1. The molecule has 0 amide bonds. The fourth-order valence-electron chi connectivity index (χ4n) is 1.23. The highest BCUT2D eigenvalue weighted by Gasteiger charge is 2.05. The molecule has 1 rings (SSSR count). The van der Waals surface area contributed by atoms with Crippen LogP contribution < -0.4 is 0 Å². The van der Waals surface area contributed by atoms with Crippen LogP contribution in [0, 0.1) is 0 Å². The van der Waals surface area contributed by atoms with E-state index in [2.05, 4.69) is 24.9 Å². The van der Waals surface area contributed by atoms with Crippen molar-refractivity contribution in [2.24, 2.45) is 0 Å². The summed E-state index contributed by atoms with van der Waals surface area (Å²) in [6.45, 7) is 5.88. The Bertz CT molecular complexity index is 290. The fourth-order valence-corrected chi connectivity index (χ4v) is 2.01. The number of ether oxygens (including phenoxy) is 1. The van der Waals surface area contributed by atoms with Crippen molar-refractivity contribution in [3.8, 4) is 0 Å². The van der Waals surface area contributed by atoms with Crippen molar-refractivity contribution in [3.05, 3.63) is 40.8 Å². The van der Waals surface area contributed by atoms with Crippen molar-refractivity contribution in [2.45, 2.75) is 13.3 Å². The molecule has 0 spiro atoms. The van der Waals surface area contributed by atoms with E-state index in [-0.39, 0.29) is 0 Å². The van der Waals surface area contributed by atoms with Crippen LogP contribution in [0.1, 0.15) is 18.2 Å². The van der Waals surface area contributed by atoms with Gasteiger partial charge in [0, 0.05) is 16.9 Å². The van der Waals surface area contributed by atoms with Gasteiger partial charge in [0.1, 0.15) is 5.76 Å². The number of hydrogen-bond donors (Lipinski definition) is 0. The van der Waals surface area contributed by atoms with Crippen molar-refractivity contribution in [1.82, 2.24) is 0 Å². The van der Waals surface area contributed by atoms with Gasteiger partial charge in [-0.15, -0.1) is 11.3 Å². The summed E-state index contributed by atoms with van der Waals surface area (Å²) < 4.78 is 5.29. The molecule has 0 unspecified atom stereocenters. The smallest absolute Gasteiger partial charge is 0.104 e. The highest BCUT2D eigenvalue weighted by molar-refractivity contribution is 7.11. The molecule has 70 valence electrons. The first kappa shape index (κ1) is 10.1. The minimum absolute atomic E-state index is 0.899. The summed E-state index contributed by atoms with van der Waals surface area (Å²) in [7, 11) is 1.70. The van der Waals surface area contributed by atoms with Crippen molar-refractivity contribution < 1.29 is 4.74 Å². The molecular weight excluding hydrogens is 180 g/mol. The van der Waals surface area contributed by atoms with Crippen LogP contribution in [0.25, 0.3) is 5.57 Å². The molecule has 0 saturated heterocycles. The van der Waals surface area contributed by atoms with Crippen molar-refractivity contribution in [3.63, 3.8) is 0 Å². The van der Waals surface area contributed by atoms with E-state index in [0.717, 1.165) is 17.8 Å². The van der Waals surface area contributed by atoms with Crippen LogP contribution >= 0.6 is 11.3 Å². The summed E-state index contributed by atoms with van der Waals surface area (Å²) in [5.41, 5.74) is 1.11. The number of rotatable bonds is 4. The van der Waals surface area contributed by atoms with Gasteiger partial charge in [-0.2, -0.15) is 0 Å². The Morgan fingerprint density at radius 3 is 2.85 bits per heavy atom. The Labute approximate surface area is 83.4 Å². The summed E-state index contributed by atoms with van der Waals surface area (Å²) in [5.74, 6) is 0.998. The van der Waals surface area contributed by atoms with Gasteiger partial charge in [-0.05, 0) is 11.4 Å². The standard InChI is InChI=1S/C11H14OS/c1-4-9(10(5-2)12-3)11-7-6-8-13-11/h4,6-8H,1,5H2,2-3H3/b10-9-. The molecule has 0 aliphatic carbocycles. The summed E-state index contributed by atoms with van der Waals surface area (Å²) in [4.78, 5) is 1.22. The molecule has 0 saturated carbocycles. The molecule has 13 heavy (non-hydrogen) atoms. The van der Waals surface area contributed by atoms with E-state index in [0.29, 0.717) is 0 Å². The molecule has 1 heterocycles. The van der Waals surface area contributed by atoms with Crippen LogP contribution in [-0.4, -0.2) is 7.11 Å². The summed E-state index contributed by atoms with van der Waals surface area (Å²) in [5, 5.41) is 2.06. The molecule has 1 aromatic rings. The lowest BCUT2D eigenvalue weighted by Gasteiger charge is -2.07. The van der Waals surface area contributed by atoms with Crippen molar-refractivity contribution >= 4 is 16.9 Å². The van der Waals surface area contributed by atoms with E-state index < -0.39 is 0 Å². The van der Waals surface area contributed by atoms with Gasteiger partial charge in [-0.25, -0.2) is 0 Å². The van der Waals surface area contributed by atoms with Crippen LogP contribution in [-0.2, 0) is 4.74 Å². The first-order valence-corrected chi connectivity index (χ1v) is 5.14. The third kappa shape index (κ3) is 2.22. The maximum atomic E-state index is 5.29. The number of thiophene rings is 1. The second-order valence-corrected chi connectivity index (χ2v) is 3.52. The molecule has 0 radical (unpaired) electrons. The number of methoxy groups -OCH3 is 1. The lowest BCUT2D eigenvalue weighted by atomic mass is 10.1. The molecule has 0 atom stereocenters. The largest absolute Gasteiger partial charge is 0.500 e.